The van der Waals surface area contributed by atoms with Crippen molar-refractivity contribution in [3.8, 4) is 0 Å². The minimum Gasteiger partial charge on any atom is -0.481 e. The first-order chi connectivity index (χ1) is 20.2. The lowest BCUT2D eigenvalue weighted by Gasteiger charge is -2.21. The van der Waals surface area contributed by atoms with Crippen molar-refractivity contribution in [3.63, 3.8) is 0 Å². The number of carbonyl (C=O) groups excluding carboxylic acids is 5. The fraction of sp³-hybridized carbons (Fsp3) is 0.652. The van der Waals surface area contributed by atoms with E-state index in [1.54, 1.807) is 0 Å². The monoisotopic (exact) mass is 618 g/mol. The minimum atomic E-state index is -1.75. The molecule has 4 atom stereocenters. The van der Waals surface area contributed by atoms with E-state index >= 15 is 0 Å². The van der Waals surface area contributed by atoms with E-state index in [1.807, 2.05) is 5.32 Å². The summed E-state index contributed by atoms with van der Waals surface area (Å²) in [6.07, 6.45) is 0.949. The van der Waals surface area contributed by atoms with Gasteiger partial charge in [-0.05, 0) is 32.2 Å². The molecule has 20 heteroatoms. The highest BCUT2D eigenvalue weighted by Crippen LogP contribution is 2.01. The van der Waals surface area contributed by atoms with Crippen LogP contribution in [0.2, 0.25) is 0 Å². The molecule has 0 rings (SSSR count). The van der Waals surface area contributed by atoms with Crippen LogP contribution < -0.4 is 49.5 Å². The van der Waals surface area contributed by atoms with Crippen LogP contribution in [0.1, 0.15) is 38.5 Å². The third-order valence-electron chi connectivity index (χ3n) is 5.58. The molecule has 0 unspecified atom stereocenters. The lowest BCUT2D eigenvalue weighted by molar-refractivity contribution is -0.144. The lowest BCUT2D eigenvalue weighted by atomic mass is 10.1. The van der Waals surface area contributed by atoms with E-state index in [-0.39, 0.29) is 25.3 Å². The Labute approximate surface area is 246 Å². The molecular weight excluding hydrogens is 576 g/mol. The van der Waals surface area contributed by atoms with E-state index < -0.39 is 91.8 Å². The average Bonchev–Trinajstić information content (AvgIpc) is 2.93. The van der Waals surface area contributed by atoms with Crippen LogP contribution in [0.4, 0.5) is 0 Å². The maximum Gasteiger partial charge on any atom is 0.328 e. The minimum absolute atomic E-state index is 0.00427. The van der Waals surface area contributed by atoms with Gasteiger partial charge < -0.3 is 64.8 Å². The molecule has 20 nitrogen and oxygen atoms in total. The molecule has 0 spiro atoms. The normalized spacial score (nSPS) is 13.3. The number of carboxylic acids is 2. The van der Waals surface area contributed by atoms with Gasteiger partial charge in [0.25, 0.3) is 0 Å². The molecule has 0 aliphatic heterocycles. The van der Waals surface area contributed by atoms with E-state index in [0.29, 0.717) is 25.8 Å². The number of guanidine groups is 1. The van der Waals surface area contributed by atoms with Gasteiger partial charge in [0.15, 0.2) is 5.96 Å². The van der Waals surface area contributed by atoms with Gasteiger partial charge in [-0.3, -0.25) is 33.8 Å². The molecule has 43 heavy (non-hydrogen) atoms. The Hall–Kier alpha value is -4.56. The maximum absolute atomic E-state index is 12.8. The summed E-state index contributed by atoms with van der Waals surface area (Å²) >= 11 is 0. The average molecular weight is 619 g/mol. The van der Waals surface area contributed by atoms with E-state index in [9.17, 15) is 33.6 Å². The molecule has 0 aliphatic carbocycles. The van der Waals surface area contributed by atoms with Crippen LogP contribution in [0.3, 0.4) is 0 Å². The fourth-order valence-electron chi connectivity index (χ4n) is 3.33. The number of carboxylic acid groups (broad SMARTS) is 2. The molecule has 0 fully saturated rings. The summed E-state index contributed by atoms with van der Waals surface area (Å²) < 4.78 is 0. The third-order valence-corrected chi connectivity index (χ3v) is 5.58. The predicted octanol–water partition coefficient (Wildman–Crippen LogP) is -6.27. The van der Waals surface area contributed by atoms with Crippen LogP contribution in [-0.2, 0) is 33.6 Å². The van der Waals surface area contributed by atoms with Crippen LogP contribution >= 0.6 is 0 Å². The van der Waals surface area contributed by atoms with Gasteiger partial charge in [0.1, 0.15) is 18.1 Å². The Kier molecular flexibility index (Phi) is 18.9. The first kappa shape index (κ1) is 38.4. The SMILES string of the molecule is NCCCC[C@H](N)C(=O)NCC(=O)N[C@@H](CCCN=C(N)N)C(=O)NCC(=O)N[C@@H](CC(=O)O)C(=O)N[C@@H](CO)C(=O)O. The van der Waals surface area contributed by atoms with Crippen LogP contribution in [0.25, 0.3) is 0 Å². The first-order valence-corrected chi connectivity index (χ1v) is 13.2. The molecule has 244 valence electrons. The molecule has 0 radical (unpaired) electrons. The highest BCUT2D eigenvalue weighted by atomic mass is 16.4. The summed E-state index contributed by atoms with van der Waals surface area (Å²) in [4.78, 5) is 88.0. The largest absolute Gasteiger partial charge is 0.481 e. The molecule has 0 aromatic carbocycles. The zero-order valence-electron chi connectivity index (χ0n) is 23.5. The van der Waals surface area contributed by atoms with Gasteiger partial charge in [-0.25, -0.2) is 4.79 Å². The smallest absolute Gasteiger partial charge is 0.328 e. The topological polar surface area (TPSA) is 357 Å². The van der Waals surface area contributed by atoms with Crippen LogP contribution in [-0.4, -0.2) is 120 Å². The summed E-state index contributed by atoms with van der Waals surface area (Å²) in [5.74, 6) is -7.69. The third kappa shape index (κ3) is 17.8. The van der Waals surface area contributed by atoms with Crippen molar-refractivity contribution in [2.24, 2.45) is 27.9 Å². The predicted molar refractivity (Wildman–Crippen MR) is 150 cm³/mol. The number of aliphatic hydroxyl groups is 1. The van der Waals surface area contributed by atoms with Gasteiger partial charge in [-0.2, -0.15) is 0 Å². The van der Waals surface area contributed by atoms with Crippen molar-refractivity contribution in [3.05, 3.63) is 0 Å². The second kappa shape index (κ2) is 21.2. The number of nitrogens with two attached hydrogens (primary N) is 4. The molecular formula is C23H42N10O10. The molecule has 0 aliphatic rings. The highest BCUT2D eigenvalue weighted by molar-refractivity contribution is 5.95. The Morgan fingerprint density at radius 2 is 1.30 bits per heavy atom. The number of aliphatic hydroxyl groups excluding tert-OH is 1. The number of hydrogen-bond acceptors (Lipinski definition) is 11. The number of aliphatic imine (C=N–C) groups is 1. The number of carbonyl (C=O) groups is 7. The Morgan fingerprint density at radius 1 is 0.721 bits per heavy atom. The van der Waals surface area contributed by atoms with Gasteiger partial charge in [0, 0.05) is 6.54 Å². The van der Waals surface area contributed by atoms with Gasteiger partial charge in [-0.1, -0.05) is 6.42 Å². The van der Waals surface area contributed by atoms with Crippen molar-refractivity contribution < 1.29 is 48.9 Å². The van der Waals surface area contributed by atoms with Crippen molar-refractivity contribution >= 4 is 47.4 Å². The molecule has 0 aromatic heterocycles. The van der Waals surface area contributed by atoms with E-state index in [0.717, 1.165) is 0 Å². The quantitative estimate of drug-likeness (QED) is 0.0305. The molecule has 0 bridgehead atoms. The highest BCUT2D eigenvalue weighted by Gasteiger charge is 2.28. The molecule has 0 aromatic rings. The van der Waals surface area contributed by atoms with Crippen LogP contribution in [0.15, 0.2) is 4.99 Å². The molecule has 0 heterocycles. The van der Waals surface area contributed by atoms with Gasteiger partial charge >= 0.3 is 11.9 Å². The number of amides is 5. The Morgan fingerprint density at radius 3 is 1.81 bits per heavy atom. The first-order valence-electron chi connectivity index (χ1n) is 13.2. The summed E-state index contributed by atoms with van der Waals surface area (Å²) in [5.41, 5.74) is 21.7. The van der Waals surface area contributed by atoms with Gasteiger partial charge in [0.05, 0.1) is 32.2 Å². The second-order valence-electron chi connectivity index (χ2n) is 9.20. The Balaban J connectivity index is 5.23. The van der Waals surface area contributed by atoms with Gasteiger partial charge in [0.2, 0.25) is 29.5 Å². The van der Waals surface area contributed by atoms with E-state index in [4.69, 9.17) is 38.3 Å². The number of hydrogen-bond donors (Lipinski definition) is 12. The number of unbranched alkanes of at least 4 members (excludes halogenated alkanes) is 1. The van der Waals surface area contributed by atoms with E-state index in [2.05, 4.69) is 26.3 Å². The number of aliphatic carboxylic acids is 2. The zero-order valence-corrected chi connectivity index (χ0v) is 23.5. The van der Waals surface area contributed by atoms with Crippen molar-refractivity contribution in [1.29, 1.82) is 0 Å². The van der Waals surface area contributed by atoms with Crippen LogP contribution in [0, 0.1) is 0 Å². The molecule has 0 saturated heterocycles. The fourth-order valence-corrected chi connectivity index (χ4v) is 3.33. The summed E-state index contributed by atoms with van der Waals surface area (Å²) in [6, 6.07) is -5.57. The van der Waals surface area contributed by atoms with Crippen LogP contribution in [0.5, 0.6) is 0 Å². The molecule has 0 saturated carbocycles. The second-order valence-corrected chi connectivity index (χ2v) is 9.20. The molecule has 5 amide bonds. The number of rotatable bonds is 22. The van der Waals surface area contributed by atoms with Crippen molar-refractivity contribution in [2.75, 3.05) is 32.8 Å². The summed E-state index contributed by atoms with van der Waals surface area (Å²) in [5, 5.41) is 38.0. The lowest BCUT2D eigenvalue weighted by Crippen LogP contribution is -2.55. The summed E-state index contributed by atoms with van der Waals surface area (Å²) in [6.45, 7) is -1.71. The standard InChI is InChI=1S/C23H42N10O10/c24-6-2-1-4-12(25)19(39)29-9-16(35)31-13(5-3-7-28-23(26)27)20(40)30-10-17(36)32-14(8-18(37)38)21(41)33-15(11-34)22(42)43/h12-15,34H,1-11,24-25H2,(H,29,39)(H,30,40)(H,31,35)(H,32,36)(H,33,41)(H,37,38)(H,42,43)(H4,26,27,28)/t12-,13-,14-,15-/m0/s1. The molecule has 16 N–H and O–H groups in total. The zero-order chi connectivity index (χ0) is 32.9. The maximum atomic E-state index is 12.8. The number of nitrogens with one attached hydrogen (secondary N) is 5. The number of nitrogens with zero attached hydrogens (tertiary/aromatic N) is 1. The van der Waals surface area contributed by atoms with Gasteiger partial charge in [-0.15, -0.1) is 0 Å². The Bertz CT molecular complexity index is 1010. The van der Waals surface area contributed by atoms with Crippen molar-refractivity contribution in [2.45, 2.75) is 62.7 Å². The van der Waals surface area contributed by atoms with Crippen molar-refractivity contribution in [1.82, 2.24) is 26.6 Å². The summed E-state index contributed by atoms with van der Waals surface area (Å²) in [7, 11) is 0. The van der Waals surface area contributed by atoms with E-state index in [1.165, 1.54) is 0 Å².